The number of halogens is 1. The number of imide groups is 1. The number of phenols is 1. The van der Waals surface area contributed by atoms with Gasteiger partial charge >= 0.3 is 0 Å². The van der Waals surface area contributed by atoms with E-state index in [0.717, 1.165) is 16.7 Å². The fourth-order valence-electron chi connectivity index (χ4n) is 6.85. The fourth-order valence-corrected chi connectivity index (χ4v) is 7.30. The number of phenolic OH excluding ortho intramolecular Hbond substituents is 1. The Morgan fingerprint density at radius 3 is 2.56 bits per heavy atom. The number of para-hydroxylation sites is 1. The number of fused-ring (bicyclic) bond motifs is 4. The number of Topliss-reactive ketones (excluding diaryl/α,β-unsaturated/α-hetero) is 1. The van der Waals surface area contributed by atoms with E-state index in [-0.39, 0.29) is 40.0 Å². The first-order valence-corrected chi connectivity index (χ1v) is 13.6. The molecule has 2 aromatic carbocycles. The number of carbonyl (C=O) groups excluding carboxylic acids is 4. The van der Waals surface area contributed by atoms with Crippen LogP contribution < -0.4 is 9.64 Å². The van der Waals surface area contributed by atoms with E-state index in [1.165, 1.54) is 11.0 Å². The number of aromatic hydroxyl groups is 1. The largest absolute Gasteiger partial charge is 0.508 e. The number of amides is 2. The van der Waals surface area contributed by atoms with Gasteiger partial charge in [-0.05, 0) is 70.6 Å². The highest BCUT2D eigenvalue weighted by atomic mass is 79.9. The number of nitrogens with zero attached hydrogens (tertiary/aromatic N) is 1. The van der Waals surface area contributed by atoms with Crippen molar-refractivity contribution in [3.8, 4) is 11.5 Å². The number of hydrogen-bond acceptors (Lipinski definition) is 6. The van der Waals surface area contributed by atoms with Gasteiger partial charge in [0.1, 0.15) is 11.5 Å². The van der Waals surface area contributed by atoms with Gasteiger partial charge in [0.05, 0.1) is 28.3 Å². The van der Waals surface area contributed by atoms with E-state index in [9.17, 15) is 24.3 Å². The number of ketones is 2. The van der Waals surface area contributed by atoms with Crippen molar-refractivity contribution < 1.29 is 29.0 Å². The summed E-state index contributed by atoms with van der Waals surface area (Å²) in [5, 5.41) is 10.1. The first kappa shape index (κ1) is 24.0. The topological polar surface area (TPSA) is 101 Å². The molecule has 1 fully saturated rings. The summed E-state index contributed by atoms with van der Waals surface area (Å²) >= 11 is 3.25. The van der Waals surface area contributed by atoms with Crippen LogP contribution in [0.3, 0.4) is 0 Å². The Balaban J connectivity index is 1.34. The molecule has 1 saturated heterocycles. The van der Waals surface area contributed by atoms with Crippen LogP contribution in [0.5, 0.6) is 11.5 Å². The van der Waals surface area contributed by atoms with Crippen molar-refractivity contribution in [2.75, 3.05) is 4.90 Å². The Labute approximate surface area is 232 Å². The Hall–Kier alpha value is -4.04. The molecule has 0 saturated carbocycles. The number of benzene rings is 2. The summed E-state index contributed by atoms with van der Waals surface area (Å²) in [6.07, 6.45) is 5.90. The van der Waals surface area contributed by atoms with Crippen LogP contribution in [0.25, 0.3) is 0 Å². The lowest BCUT2D eigenvalue weighted by Gasteiger charge is -2.43. The van der Waals surface area contributed by atoms with Crippen molar-refractivity contribution in [1.82, 2.24) is 0 Å². The summed E-state index contributed by atoms with van der Waals surface area (Å²) in [5.41, 5.74) is 3.71. The third-order valence-corrected chi connectivity index (χ3v) is 9.08. The SMILES string of the molecule is O=C1C=C(Br)C(=O)C2=C1C(C1=COc3ccc(O)cc3C1)C1=CCC3C(=O)N(c4ccccc4)C(=O)C3C1C2. The Bertz CT molecular complexity index is 1630. The number of carbonyl (C=O) groups is 4. The van der Waals surface area contributed by atoms with Crippen molar-refractivity contribution in [3.63, 3.8) is 0 Å². The second-order valence-corrected chi connectivity index (χ2v) is 11.4. The zero-order chi connectivity index (χ0) is 27.0. The molecule has 0 bridgehead atoms. The highest BCUT2D eigenvalue weighted by molar-refractivity contribution is 9.12. The predicted molar refractivity (Wildman–Crippen MR) is 145 cm³/mol. The molecule has 2 aliphatic heterocycles. The average molecular weight is 584 g/mol. The fraction of sp³-hybridized carbons (Fsp3) is 0.226. The van der Waals surface area contributed by atoms with E-state index in [0.29, 0.717) is 35.4 Å². The third kappa shape index (κ3) is 3.54. The number of anilines is 1. The van der Waals surface area contributed by atoms with Gasteiger partial charge < -0.3 is 9.84 Å². The molecule has 0 radical (unpaired) electrons. The van der Waals surface area contributed by atoms with Gasteiger partial charge in [0.25, 0.3) is 0 Å². The maximum atomic E-state index is 13.9. The molecule has 7 nitrogen and oxygen atoms in total. The molecule has 7 rings (SSSR count). The summed E-state index contributed by atoms with van der Waals surface area (Å²) in [6, 6.07) is 13.8. The molecular formula is C31H22BrNO6. The molecule has 5 aliphatic rings. The Morgan fingerprint density at radius 1 is 0.974 bits per heavy atom. The molecule has 2 aromatic rings. The van der Waals surface area contributed by atoms with Gasteiger partial charge in [0, 0.05) is 35.1 Å². The zero-order valence-electron chi connectivity index (χ0n) is 20.6. The average Bonchev–Trinajstić information content (AvgIpc) is 3.20. The maximum absolute atomic E-state index is 13.9. The number of allylic oxidation sites excluding steroid dienone is 7. The van der Waals surface area contributed by atoms with Crippen molar-refractivity contribution >= 4 is 45.0 Å². The minimum Gasteiger partial charge on any atom is -0.508 e. The minimum atomic E-state index is -0.636. The smallest absolute Gasteiger partial charge is 0.238 e. The summed E-state index contributed by atoms with van der Waals surface area (Å²) in [7, 11) is 0. The van der Waals surface area contributed by atoms with Crippen molar-refractivity contribution in [1.29, 1.82) is 0 Å². The molecule has 194 valence electrons. The van der Waals surface area contributed by atoms with Gasteiger partial charge in [0.15, 0.2) is 11.6 Å². The monoisotopic (exact) mass is 583 g/mol. The lowest BCUT2D eigenvalue weighted by Crippen LogP contribution is -2.41. The zero-order valence-corrected chi connectivity index (χ0v) is 22.2. The highest BCUT2D eigenvalue weighted by Gasteiger charge is 2.57. The van der Waals surface area contributed by atoms with Crippen LogP contribution in [-0.4, -0.2) is 28.5 Å². The maximum Gasteiger partial charge on any atom is 0.238 e. The first-order valence-electron chi connectivity index (χ1n) is 12.8. The molecule has 2 heterocycles. The quantitative estimate of drug-likeness (QED) is 0.312. The van der Waals surface area contributed by atoms with Gasteiger partial charge in [-0.3, -0.25) is 24.1 Å². The normalized spacial score (nSPS) is 27.6. The molecule has 8 heteroatoms. The minimum absolute atomic E-state index is 0.103. The lowest BCUT2D eigenvalue weighted by molar-refractivity contribution is -0.123. The molecule has 39 heavy (non-hydrogen) atoms. The summed E-state index contributed by atoms with van der Waals surface area (Å²) in [5.74, 6) is -2.49. The molecular weight excluding hydrogens is 562 g/mol. The van der Waals surface area contributed by atoms with Gasteiger partial charge in [0.2, 0.25) is 11.8 Å². The molecule has 3 aliphatic carbocycles. The third-order valence-electron chi connectivity index (χ3n) is 8.49. The number of rotatable bonds is 2. The molecule has 0 aromatic heterocycles. The summed E-state index contributed by atoms with van der Waals surface area (Å²) in [4.78, 5) is 55.5. The number of ether oxygens (including phenoxy) is 1. The van der Waals surface area contributed by atoms with E-state index in [2.05, 4.69) is 15.9 Å². The van der Waals surface area contributed by atoms with E-state index in [1.54, 1.807) is 48.7 Å². The van der Waals surface area contributed by atoms with Gasteiger partial charge in [-0.15, -0.1) is 0 Å². The van der Waals surface area contributed by atoms with Crippen LogP contribution in [0, 0.1) is 23.7 Å². The molecule has 0 spiro atoms. The molecule has 4 unspecified atom stereocenters. The van der Waals surface area contributed by atoms with E-state index in [1.807, 2.05) is 12.1 Å². The van der Waals surface area contributed by atoms with Crippen molar-refractivity contribution in [3.05, 3.63) is 99.3 Å². The first-order chi connectivity index (χ1) is 18.8. The van der Waals surface area contributed by atoms with E-state index < -0.39 is 23.7 Å². The Kier molecular flexibility index (Phi) is 5.39. The van der Waals surface area contributed by atoms with Crippen LogP contribution >= 0.6 is 15.9 Å². The van der Waals surface area contributed by atoms with Crippen molar-refractivity contribution in [2.24, 2.45) is 23.7 Å². The molecule has 1 N–H and O–H groups in total. The van der Waals surface area contributed by atoms with Crippen LogP contribution in [0.15, 0.2) is 93.7 Å². The lowest BCUT2D eigenvalue weighted by atomic mass is 9.59. The van der Waals surface area contributed by atoms with Gasteiger partial charge in [-0.25, -0.2) is 0 Å². The standard InChI is InChI=1S/C31H22BrNO6/c32-23-13-24(35)28-22(29(23)36)12-21-19(26(28)16-10-15-11-18(34)6-9-25(15)39-14-16)7-8-20-27(21)31(38)33(30(20)37)17-4-2-1-3-5-17/h1-7,9,11,13-14,20-21,26-27,34H,8,10,12H2. The van der Waals surface area contributed by atoms with Gasteiger partial charge in [-0.2, -0.15) is 0 Å². The summed E-state index contributed by atoms with van der Waals surface area (Å²) < 4.78 is 6.10. The highest BCUT2D eigenvalue weighted by Crippen LogP contribution is 2.55. The van der Waals surface area contributed by atoms with Crippen LogP contribution in [0.4, 0.5) is 5.69 Å². The second kappa shape index (κ2) is 8.74. The van der Waals surface area contributed by atoms with E-state index in [4.69, 9.17) is 4.74 Å². The molecule has 4 atom stereocenters. The predicted octanol–water partition coefficient (Wildman–Crippen LogP) is 4.71. The van der Waals surface area contributed by atoms with E-state index >= 15 is 0 Å². The number of hydrogen-bond donors (Lipinski definition) is 1. The van der Waals surface area contributed by atoms with Crippen LogP contribution in [-0.2, 0) is 25.6 Å². The summed E-state index contributed by atoms with van der Waals surface area (Å²) in [6.45, 7) is 0. The van der Waals surface area contributed by atoms with Crippen molar-refractivity contribution in [2.45, 2.75) is 19.3 Å². The van der Waals surface area contributed by atoms with Crippen LogP contribution in [0.1, 0.15) is 18.4 Å². The second-order valence-electron chi connectivity index (χ2n) is 10.5. The van der Waals surface area contributed by atoms with Gasteiger partial charge in [-0.1, -0.05) is 29.8 Å². The van der Waals surface area contributed by atoms with Crippen LogP contribution in [0.2, 0.25) is 0 Å². The Morgan fingerprint density at radius 2 is 1.77 bits per heavy atom. The molecule has 2 amide bonds.